The van der Waals surface area contributed by atoms with Gasteiger partial charge in [-0.25, -0.2) is 0 Å². The van der Waals surface area contributed by atoms with E-state index in [0.29, 0.717) is 5.08 Å². The Morgan fingerprint density at radius 3 is 1.11 bits per heavy atom. The van der Waals surface area contributed by atoms with Gasteiger partial charge in [-0.15, -0.1) is 0 Å². The summed E-state index contributed by atoms with van der Waals surface area (Å²) in [5.74, 6) is 0. The summed E-state index contributed by atoms with van der Waals surface area (Å²) in [5.41, 5.74) is 0. The van der Waals surface area contributed by atoms with Gasteiger partial charge in [0, 0.05) is 32.2 Å². The molecule has 0 aliphatic rings. The quantitative estimate of drug-likeness (QED) is 0.510. The highest BCUT2D eigenvalue weighted by molar-refractivity contribution is 8.10. The lowest BCUT2D eigenvalue weighted by Crippen LogP contribution is -2.06. The van der Waals surface area contributed by atoms with E-state index >= 15 is 0 Å². The Balaban J connectivity index is 4.46. The van der Waals surface area contributed by atoms with E-state index in [0.717, 1.165) is 12.5 Å². The van der Waals surface area contributed by atoms with Crippen molar-refractivity contribution in [1.82, 2.24) is 0 Å². The van der Waals surface area contributed by atoms with E-state index in [1.165, 1.54) is 0 Å². The van der Waals surface area contributed by atoms with E-state index < -0.39 is 19.7 Å². The van der Waals surface area contributed by atoms with Gasteiger partial charge in [0.25, 0.3) is 0 Å². The Morgan fingerprint density at radius 1 is 0.889 bits per heavy atom. The molecule has 0 heterocycles. The first kappa shape index (κ1) is 8.90. The molecule has 0 aromatic heterocycles. The fraction of sp³-hybridized carbons (Fsp3) is 0.667. The maximum absolute atomic E-state index is 10.2. The topological polar surface area (TPSA) is 68.3 Å². The molecule has 0 radical (unpaired) electrons. The molecule has 0 N–H and O–H groups in total. The highest BCUT2D eigenvalue weighted by Gasteiger charge is 1.97. The van der Waals surface area contributed by atoms with Crippen LogP contribution in [-0.2, 0) is 19.7 Å². The second-order valence-corrected chi connectivity index (χ2v) is 5.84. The van der Waals surface area contributed by atoms with Crippen molar-refractivity contribution in [3.63, 3.8) is 0 Å². The molecule has 0 amide bonds. The molecule has 0 aliphatic heterocycles. The highest BCUT2D eigenvalue weighted by atomic mass is 32.3. The molecule has 0 saturated carbocycles. The number of rotatable bonds is 2. The van der Waals surface area contributed by atoms with Gasteiger partial charge in [0.05, 0.1) is 0 Å². The Labute approximate surface area is 54.7 Å². The molecule has 0 bridgehead atoms. The zero-order chi connectivity index (χ0) is 7.71. The Bertz CT molecular complexity index is 239. The first-order chi connectivity index (χ1) is 3.71. The SMILES string of the molecule is CS(=O)(=O)[CH-]S(C)(=O)=O. The van der Waals surface area contributed by atoms with Crippen molar-refractivity contribution >= 4 is 19.7 Å². The number of sulfone groups is 2. The predicted molar refractivity (Wildman–Crippen MR) is 34.0 cm³/mol. The van der Waals surface area contributed by atoms with Crippen LogP contribution in [-0.4, -0.2) is 29.3 Å². The van der Waals surface area contributed by atoms with Gasteiger partial charge in [-0.3, -0.25) is 16.8 Å². The van der Waals surface area contributed by atoms with Crippen molar-refractivity contribution in [3.8, 4) is 0 Å². The molecule has 0 aromatic carbocycles. The molecule has 0 saturated heterocycles. The third-order valence-corrected chi connectivity index (χ3v) is 3.15. The van der Waals surface area contributed by atoms with Gasteiger partial charge in [0.1, 0.15) is 0 Å². The summed E-state index contributed by atoms with van der Waals surface area (Å²) in [4.78, 5) is 0. The van der Waals surface area contributed by atoms with Crippen LogP contribution in [0, 0.1) is 5.08 Å². The number of hydrogen-bond acceptors (Lipinski definition) is 4. The molecule has 0 rings (SSSR count). The predicted octanol–water partition coefficient (Wildman–Crippen LogP) is -0.805. The van der Waals surface area contributed by atoms with Crippen molar-refractivity contribution in [2.24, 2.45) is 0 Å². The lowest BCUT2D eigenvalue weighted by Gasteiger charge is -2.04. The monoisotopic (exact) mass is 171 g/mol. The van der Waals surface area contributed by atoms with Gasteiger partial charge in [-0.2, -0.15) is 0 Å². The summed E-state index contributed by atoms with van der Waals surface area (Å²) in [7, 11) is -6.99. The van der Waals surface area contributed by atoms with Crippen LogP contribution in [0.5, 0.6) is 0 Å². The van der Waals surface area contributed by atoms with Crippen LogP contribution in [0.2, 0.25) is 0 Å². The summed E-state index contributed by atoms with van der Waals surface area (Å²) < 4.78 is 40.8. The fourth-order valence-electron chi connectivity index (χ4n) is 0.318. The van der Waals surface area contributed by atoms with Gasteiger partial charge in [-0.05, 0) is 0 Å². The van der Waals surface area contributed by atoms with E-state index in [1.807, 2.05) is 0 Å². The van der Waals surface area contributed by atoms with Crippen LogP contribution in [0.4, 0.5) is 0 Å². The third kappa shape index (κ3) is 7.90. The third-order valence-electron chi connectivity index (χ3n) is 0.350. The van der Waals surface area contributed by atoms with E-state index in [-0.39, 0.29) is 0 Å². The molecule has 0 atom stereocenters. The molecular weight excluding hydrogens is 164 g/mol. The van der Waals surface area contributed by atoms with Crippen molar-refractivity contribution < 1.29 is 16.8 Å². The van der Waals surface area contributed by atoms with Crippen LogP contribution in [0.15, 0.2) is 0 Å². The Hall–Kier alpha value is -0.100. The molecule has 0 fully saturated rings. The average Bonchev–Trinajstić information content (AvgIpc) is 1.14. The largest absolute Gasteiger partial charge is 0.262 e. The smallest absolute Gasteiger partial charge is 0.0347 e. The summed E-state index contributed by atoms with van der Waals surface area (Å²) in [5, 5.41) is 0.319. The molecule has 9 heavy (non-hydrogen) atoms. The van der Waals surface area contributed by atoms with E-state index in [2.05, 4.69) is 0 Å². The summed E-state index contributed by atoms with van der Waals surface area (Å²) in [6.07, 6.45) is 1.65. The summed E-state index contributed by atoms with van der Waals surface area (Å²) in [6, 6.07) is 0. The van der Waals surface area contributed by atoms with Crippen molar-refractivity contribution in [2.45, 2.75) is 0 Å². The van der Waals surface area contributed by atoms with Crippen molar-refractivity contribution in [1.29, 1.82) is 0 Å². The first-order valence-corrected chi connectivity index (χ1v) is 5.86. The van der Waals surface area contributed by atoms with Crippen LogP contribution in [0.3, 0.4) is 0 Å². The lowest BCUT2D eigenvalue weighted by molar-refractivity contribution is 0.600. The zero-order valence-corrected chi connectivity index (χ0v) is 6.66. The summed E-state index contributed by atoms with van der Waals surface area (Å²) >= 11 is 0. The van der Waals surface area contributed by atoms with Gasteiger partial charge in [0.15, 0.2) is 0 Å². The first-order valence-electron chi connectivity index (χ1n) is 1.95. The molecule has 0 aromatic rings. The standard InChI is InChI=1S/C3H7O4S2/c1-8(4,5)3-9(2,6)7/h3H,1-2H3/q-1. The van der Waals surface area contributed by atoms with Crippen LogP contribution >= 0.6 is 0 Å². The zero-order valence-electron chi connectivity index (χ0n) is 5.03. The Morgan fingerprint density at radius 2 is 1.11 bits per heavy atom. The normalized spacial score (nSPS) is 13.6. The highest BCUT2D eigenvalue weighted by Crippen LogP contribution is 1.96. The summed E-state index contributed by atoms with van der Waals surface area (Å²) in [6.45, 7) is 0. The van der Waals surface area contributed by atoms with Crippen molar-refractivity contribution in [3.05, 3.63) is 5.08 Å². The van der Waals surface area contributed by atoms with Gasteiger partial charge in [-0.1, -0.05) is 5.08 Å². The van der Waals surface area contributed by atoms with E-state index in [9.17, 15) is 16.8 Å². The lowest BCUT2D eigenvalue weighted by atomic mass is 11.9. The van der Waals surface area contributed by atoms with Crippen molar-refractivity contribution in [2.75, 3.05) is 12.5 Å². The molecule has 0 spiro atoms. The van der Waals surface area contributed by atoms with Gasteiger partial charge in [0.2, 0.25) is 0 Å². The fourth-order valence-corrected chi connectivity index (χ4v) is 2.86. The maximum atomic E-state index is 10.2. The molecule has 6 heteroatoms. The molecule has 56 valence electrons. The molecular formula is C3H7O4S2-. The minimum absolute atomic E-state index is 0.319. The van der Waals surface area contributed by atoms with Crippen LogP contribution in [0.1, 0.15) is 0 Å². The Kier molecular flexibility index (Phi) is 2.24. The average molecular weight is 171 g/mol. The minimum Gasteiger partial charge on any atom is -0.262 e. The second-order valence-electron chi connectivity index (χ2n) is 1.76. The van der Waals surface area contributed by atoms with E-state index in [1.54, 1.807) is 0 Å². The maximum Gasteiger partial charge on any atom is 0.0347 e. The van der Waals surface area contributed by atoms with E-state index in [4.69, 9.17) is 0 Å². The number of hydrogen-bond donors (Lipinski definition) is 0. The molecule has 4 nitrogen and oxygen atoms in total. The van der Waals surface area contributed by atoms with Gasteiger partial charge < -0.3 is 0 Å². The van der Waals surface area contributed by atoms with Crippen LogP contribution in [0.25, 0.3) is 0 Å². The molecule has 0 aliphatic carbocycles. The van der Waals surface area contributed by atoms with Gasteiger partial charge >= 0.3 is 0 Å². The minimum atomic E-state index is -3.49. The van der Waals surface area contributed by atoms with Crippen LogP contribution < -0.4 is 0 Å². The second kappa shape index (κ2) is 2.26. The molecule has 0 unspecified atom stereocenters.